The van der Waals surface area contributed by atoms with E-state index in [1.165, 1.54) is 32.1 Å². The van der Waals surface area contributed by atoms with Gasteiger partial charge in [-0.25, -0.2) is 0 Å². The van der Waals surface area contributed by atoms with Gasteiger partial charge in [0, 0.05) is 13.2 Å². The average molecular weight is 319 g/mol. The van der Waals surface area contributed by atoms with Crippen LogP contribution in [-0.4, -0.2) is 9.78 Å². The van der Waals surface area contributed by atoms with Crippen LogP contribution >= 0.6 is 15.9 Å². The van der Waals surface area contributed by atoms with E-state index < -0.39 is 0 Å². The van der Waals surface area contributed by atoms with Crippen LogP contribution in [0, 0.1) is 5.92 Å². The molecule has 0 radical (unpaired) electrons. The summed E-state index contributed by atoms with van der Waals surface area (Å²) in [6, 6.07) is 0. The van der Waals surface area contributed by atoms with Crippen LogP contribution in [0.1, 0.15) is 66.7 Å². The SMILES string of the molecule is CC.CCCCCCC(C)C.Cn1cc(Br)cn1. The number of hydrogen-bond acceptors (Lipinski definition) is 1. The molecule has 1 rings (SSSR count). The van der Waals surface area contributed by atoms with E-state index in [0.717, 1.165) is 10.4 Å². The minimum atomic E-state index is 0.904. The summed E-state index contributed by atoms with van der Waals surface area (Å²) in [5.74, 6) is 0.904. The molecule has 3 heteroatoms. The Morgan fingerprint density at radius 1 is 1.22 bits per heavy atom. The zero-order valence-electron chi connectivity index (χ0n) is 13.0. The van der Waals surface area contributed by atoms with E-state index in [0.29, 0.717) is 0 Å². The highest BCUT2D eigenvalue weighted by molar-refractivity contribution is 9.10. The van der Waals surface area contributed by atoms with Gasteiger partial charge >= 0.3 is 0 Å². The summed E-state index contributed by atoms with van der Waals surface area (Å²) in [5, 5.41) is 3.89. The van der Waals surface area contributed by atoms with Crippen molar-refractivity contribution in [3.63, 3.8) is 0 Å². The van der Waals surface area contributed by atoms with Crippen molar-refractivity contribution in [2.75, 3.05) is 0 Å². The Balaban J connectivity index is 0. The van der Waals surface area contributed by atoms with Gasteiger partial charge in [0.15, 0.2) is 0 Å². The largest absolute Gasteiger partial charge is 0.275 e. The highest BCUT2D eigenvalue weighted by atomic mass is 79.9. The van der Waals surface area contributed by atoms with Gasteiger partial charge in [-0.3, -0.25) is 4.68 Å². The Hall–Kier alpha value is -0.310. The topological polar surface area (TPSA) is 17.8 Å². The molecule has 0 amide bonds. The van der Waals surface area contributed by atoms with Crippen LogP contribution in [0.3, 0.4) is 0 Å². The Bertz CT molecular complexity index is 240. The van der Waals surface area contributed by atoms with E-state index in [2.05, 4.69) is 41.8 Å². The van der Waals surface area contributed by atoms with Gasteiger partial charge in [-0.2, -0.15) is 5.10 Å². The average Bonchev–Trinajstić information content (AvgIpc) is 2.72. The quantitative estimate of drug-likeness (QED) is 0.625. The number of rotatable bonds is 5. The second-order valence-electron chi connectivity index (χ2n) is 4.58. The molecule has 0 aliphatic rings. The first-order valence-electron chi connectivity index (χ1n) is 7.20. The molecule has 0 saturated heterocycles. The molecule has 18 heavy (non-hydrogen) atoms. The molecule has 2 nitrogen and oxygen atoms in total. The maximum absolute atomic E-state index is 3.89. The van der Waals surface area contributed by atoms with E-state index in [1.54, 1.807) is 10.9 Å². The molecule has 0 saturated carbocycles. The molecular formula is C15H31BrN2. The molecule has 1 heterocycles. The van der Waals surface area contributed by atoms with Crippen molar-refractivity contribution in [1.82, 2.24) is 9.78 Å². The molecule has 0 N–H and O–H groups in total. The van der Waals surface area contributed by atoms with Crippen LogP contribution in [0.2, 0.25) is 0 Å². The van der Waals surface area contributed by atoms with Gasteiger partial charge in [0.2, 0.25) is 0 Å². The standard InChI is InChI=1S/C9H20.C4H5BrN2.C2H6/c1-4-5-6-7-8-9(2)3;1-7-3-4(5)2-6-7;1-2/h9H,4-8H2,1-3H3;2-3H,1H3;1-2H3. The second kappa shape index (κ2) is 14.7. The lowest BCUT2D eigenvalue weighted by molar-refractivity contribution is 0.525. The lowest BCUT2D eigenvalue weighted by Crippen LogP contribution is -1.86. The normalized spacial score (nSPS) is 9.33. The van der Waals surface area contributed by atoms with Crippen LogP contribution in [-0.2, 0) is 7.05 Å². The molecule has 0 spiro atoms. The molecule has 0 atom stereocenters. The smallest absolute Gasteiger partial charge is 0.0632 e. The fourth-order valence-corrected chi connectivity index (χ4v) is 1.76. The van der Waals surface area contributed by atoms with E-state index in [1.807, 2.05) is 27.1 Å². The third kappa shape index (κ3) is 15.7. The van der Waals surface area contributed by atoms with Gasteiger partial charge in [-0.1, -0.05) is 66.7 Å². The second-order valence-corrected chi connectivity index (χ2v) is 5.49. The maximum Gasteiger partial charge on any atom is 0.0632 e. The first-order chi connectivity index (χ1) is 8.56. The van der Waals surface area contributed by atoms with Crippen molar-refractivity contribution >= 4 is 15.9 Å². The van der Waals surface area contributed by atoms with Gasteiger partial charge in [0.05, 0.1) is 10.7 Å². The van der Waals surface area contributed by atoms with Crippen LogP contribution in [0.4, 0.5) is 0 Å². The van der Waals surface area contributed by atoms with Crippen molar-refractivity contribution in [2.24, 2.45) is 13.0 Å². The van der Waals surface area contributed by atoms with Crippen molar-refractivity contribution in [1.29, 1.82) is 0 Å². The lowest BCUT2D eigenvalue weighted by atomic mass is 10.1. The monoisotopic (exact) mass is 318 g/mol. The first-order valence-corrected chi connectivity index (χ1v) is 7.99. The van der Waals surface area contributed by atoms with Gasteiger partial charge in [-0.15, -0.1) is 0 Å². The molecule has 0 aliphatic heterocycles. The van der Waals surface area contributed by atoms with Crippen LogP contribution in [0.15, 0.2) is 16.9 Å². The summed E-state index contributed by atoms with van der Waals surface area (Å²) < 4.78 is 2.76. The number of aryl methyl sites for hydroxylation is 1. The zero-order valence-corrected chi connectivity index (χ0v) is 14.6. The van der Waals surface area contributed by atoms with E-state index in [9.17, 15) is 0 Å². The summed E-state index contributed by atoms with van der Waals surface area (Å²) in [6.07, 6.45) is 10.7. The highest BCUT2D eigenvalue weighted by Crippen LogP contribution is 2.08. The van der Waals surface area contributed by atoms with Gasteiger partial charge < -0.3 is 0 Å². The Labute approximate surface area is 122 Å². The van der Waals surface area contributed by atoms with E-state index in [-0.39, 0.29) is 0 Å². The molecule has 1 aromatic rings. The Morgan fingerprint density at radius 2 is 1.83 bits per heavy atom. The molecule has 0 unspecified atom stereocenters. The predicted octanol–water partition coefficient (Wildman–Crippen LogP) is 5.82. The molecule has 0 aromatic carbocycles. The molecular weight excluding hydrogens is 288 g/mol. The molecule has 0 aliphatic carbocycles. The number of aromatic nitrogens is 2. The summed E-state index contributed by atoms with van der Waals surface area (Å²) in [6.45, 7) is 10.9. The molecule has 0 bridgehead atoms. The summed E-state index contributed by atoms with van der Waals surface area (Å²) >= 11 is 3.25. The highest BCUT2D eigenvalue weighted by Gasteiger charge is 1.91. The van der Waals surface area contributed by atoms with Crippen molar-refractivity contribution in [2.45, 2.75) is 66.7 Å². The van der Waals surface area contributed by atoms with Crippen molar-refractivity contribution < 1.29 is 0 Å². The van der Waals surface area contributed by atoms with Gasteiger partial charge in [0.1, 0.15) is 0 Å². The fourth-order valence-electron chi connectivity index (χ4n) is 1.37. The maximum atomic E-state index is 3.89. The zero-order chi connectivity index (χ0) is 14.4. The Kier molecular flexibility index (Phi) is 16.4. The van der Waals surface area contributed by atoms with Gasteiger partial charge in [-0.05, 0) is 21.8 Å². The van der Waals surface area contributed by atoms with Crippen molar-refractivity contribution in [3.05, 3.63) is 16.9 Å². The van der Waals surface area contributed by atoms with E-state index >= 15 is 0 Å². The number of halogens is 1. The number of unbranched alkanes of at least 4 members (excludes halogenated alkanes) is 3. The van der Waals surface area contributed by atoms with Crippen LogP contribution in [0.5, 0.6) is 0 Å². The Morgan fingerprint density at radius 3 is 2.11 bits per heavy atom. The molecule has 108 valence electrons. The third-order valence-electron chi connectivity index (χ3n) is 2.31. The fraction of sp³-hybridized carbons (Fsp3) is 0.800. The van der Waals surface area contributed by atoms with E-state index in [4.69, 9.17) is 0 Å². The van der Waals surface area contributed by atoms with Gasteiger partial charge in [0.25, 0.3) is 0 Å². The number of hydrogen-bond donors (Lipinski definition) is 0. The van der Waals surface area contributed by atoms with Crippen LogP contribution < -0.4 is 0 Å². The van der Waals surface area contributed by atoms with Crippen LogP contribution in [0.25, 0.3) is 0 Å². The predicted molar refractivity (Wildman–Crippen MR) is 85.9 cm³/mol. The van der Waals surface area contributed by atoms with Crippen molar-refractivity contribution in [3.8, 4) is 0 Å². The minimum Gasteiger partial charge on any atom is -0.275 e. The summed E-state index contributed by atoms with van der Waals surface area (Å²) in [7, 11) is 1.88. The first kappa shape index (κ1) is 20.0. The summed E-state index contributed by atoms with van der Waals surface area (Å²) in [5.41, 5.74) is 0. The molecule has 1 aromatic heterocycles. The number of nitrogens with zero attached hydrogens (tertiary/aromatic N) is 2. The third-order valence-corrected chi connectivity index (χ3v) is 2.72. The lowest BCUT2D eigenvalue weighted by Gasteiger charge is -2.01. The molecule has 0 fully saturated rings. The minimum absolute atomic E-state index is 0.904. The summed E-state index contributed by atoms with van der Waals surface area (Å²) in [4.78, 5) is 0.